The van der Waals surface area contributed by atoms with Crippen LogP contribution in [0.2, 0.25) is 5.02 Å². The van der Waals surface area contributed by atoms with Crippen molar-refractivity contribution in [3.8, 4) is 11.1 Å². The number of aryl methyl sites for hydroxylation is 4. The van der Waals surface area contributed by atoms with Crippen LogP contribution in [0.25, 0.3) is 11.1 Å². The summed E-state index contributed by atoms with van der Waals surface area (Å²) >= 11 is 6.14. The van der Waals surface area contributed by atoms with E-state index in [1.165, 1.54) is 0 Å². The van der Waals surface area contributed by atoms with Crippen LogP contribution in [0.1, 0.15) is 52.4 Å². The molecule has 0 atom stereocenters. The second-order valence-corrected chi connectivity index (χ2v) is 11.9. The minimum absolute atomic E-state index is 0.170. The molecular weight excluding hydrogens is 524 g/mol. The molecular formula is C29H31ClN2O5S. The molecule has 1 aliphatic rings. The predicted molar refractivity (Wildman–Crippen MR) is 149 cm³/mol. The number of benzene rings is 3. The van der Waals surface area contributed by atoms with Crippen LogP contribution in [-0.2, 0) is 19.6 Å². The van der Waals surface area contributed by atoms with Gasteiger partial charge in [0.1, 0.15) is 5.54 Å². The minimum atomic E-state index is -3.84. The summed E-state index contributed by atoms with van der Waals surface area (Å²) in [6.45, 7) is 9.15. The lowest BCUT2D eigenvalue weighted by Gasteiger charge is -2.18. The molecule has 1 aliphatic carbocycles. The molecule has 0 spiro atoms. The van der Waals surface area contributed by atoms with E-state index in [1.54, 1.807) is 51.1 Å². The van der Waals surface area contributed by atoms with Gasteiger partial charge in [-0.1, -0.05) is 35.9 Å². The molecule has 0 aromatic heterocycles. The number of sulfonamides is 1. The van der Waals surface area contributed by atoms with Crippen molar-refractivity contribution in [2.45, 2.75) is 57.9 Å². The molecule has 0 unspecified atom stereocenters. The fourth-order valence-corrected chi connectivity index (χ4v) is 6.14. The SMILES string of the molecule is CCOC(=O)C1(NC(=O)c2c(C)cc(-c3cccc(NS(=O)(=O)c4cc(C)c(Cl)cc4C)c3)cc2C)CC1. The number of hydrogen-bond donors (Lipinski definition) is 2. The lowest BCUT2D eigenvalue weighted by Crippen LogP contribution is -2.44. The number of amides is 1. The summed E-state index contributed by atoms with van der Waals surface area (Å²) in [5.74, 6) is -0.712. The van der Waals surface area contributed by atoms with Crippen molar-refractivity contribution in [1.82, 2.24) is 5.32 Å². The second-order valence-electron chi connectivity index (χ2n) is 9.79. The second kappa shape index (κ2) is 10.4. The van der Waals surface area contributed by atoms with Gasteiger partial charge >= 0.3 is 5.97 Å². The van der Waals surface area contributed by atoms with E-state index in [0.29, 0.717) is 40.2 Å². The number of rotatable bonds is 8. The average Bonchev–Trinajstić information content (AvgIpc) is 3.61. The zero-order chi connectivity index (χ0) is 27.8. The van der Waals surface area contributed by atoms with Gasteiger partial charge in [0, 0.05) is 16.3 Å². The molecule has 3 aromatic carbocycles. The Morgan fingerprint density at radius 2 is 1.58 bits per heavy atom. The maximum atomic E-state index is 13.1. The van der Waals surface area contributed by atoms with Crippen molar-refractivity contribution in [1.29, 1.82) is 0 Å². The Bertz CT molecular complexity index is 1520. The van der Waals surface area contributed by atoms with Gasteiger partial charge in [-0.15, -0.1) is 0 Å². The zero-order valence-corrected chi connectivity index (χ0v) is 23.6. The van der Waals surface area contributed by atoms with Gasteiger partial charge in [-0.25, -0.2) is 13.2 Å². The molecule has 7 nitrogen and oxygen atoms in total. The van der Waals surface area contributed by atoms with Gasteiger partial charge in [-0.3, -0.25) is 9.52 Å². The van der Waals surface area contributed by atoms with Crippen LogP contribution in [0, 0.1) is 27.7 Å². The van der Waals surface area contributed by atoms with Crippen molar-refractivity contribution in [3.63, 3.8) is 0 Å². The third-order valence-electron chi connectivity index (χ3n) is 6.72. The van der Waals surface area contributed by atoms with Crippen LogP contribution in [0.5, 0.6) is 0 Å². The van der Waals surface area contributed by atoms with Crippen LogP contribution in [0.4, 0.5) is 5.69 Å². The smallest absolute Gasteiger partial charge is 0.331 e. The van der Waals surface area contributed by atoms with Crippen LogP contribution in [0.3, 0.4) is 0 Å². The molecule has 3 aromatic rings. The van der Waals surface area contributed by atoms with Gasteiger partial charge in [0.25, 0.3) is 15.9 Å². The Hall–Kier alpha value is -3.36. The van der Waals surface area contributed by atoms with Gasteiger partial charge in [0.2, 0.25) is 0 Å². The molecule has 0 heterocycles. The summed E-state index contributed by atoms with van der Waals surface area (Å²) < 4.78 is 34.1. The van der Waals surface area contributed by atoms with Crippen molar-refractivity contribution in [2.24, 2.45) is 0 Å². The third kappa shape index (κ3) is 5.56. The van der Waals surface area contributed by atoms with Gasteiger partial charge in [0.15, 0.2) is 0 Å². The minimum Gasteiger partial charge on any atom is -0.464 e. The monoisotopic (exact) mass is 554 g/mol. The highest BCUT2D eigenvalue weighted by Gasteiger charge is 2.53. The number of hydrogen-bond acceptors (Lipinski definition) is 5. The van der Waals surface area contributed by atoms with E-state index in [0.717, 1.165) is 22.3 Å². The first-order valence-electron chi connectivity index (χ1n) is 12.4. The number of carbonyl (C=O) groups excluding carboxylic acids is 2. The van der Waals surface area contributed by atoms with E-state index in [9.17, 15) is 18.0 Å². The normalized spacial score (nSPS) is 14.1. The molecule has 1 fully saturated rings. The van der Waals surface area contributed by atoms with Crippen LogP contribution < -0.4 is 10.0 Å². The Morgan fingerprint density at radius 1 is 0.921 bits per heavy atom. The lowest BCUT2D eigenvalue weighted by atomic mass is 9.94. The van der Waals surface area contributed by atoms with E-state index in [2.05, 4.69) is 10.0 Å². The fourth-order valence-electron chi connectivity index (χ4n) is 4.56. The summed E-state index contributed by atoms with van der Waals surface area (Å²) in [5.41, 5.74) is 4.34. The summed E-state index contributed by atoms with van der Waals surface area (Å²) in [6.07, 6.45) is 1.12. The first-order valence-corrected chi connectivity index (χ1v) is 14.2. The molecule has 0 saturated heterocycles. The maximum Gasteiger partial charge on any atom is 0.331 e. The highest BCUT2D eigenvalue weighted by atomic mass is 35.5. The van der Waals surface area contributed by atoms with E-state index >= 15 is 0 Å². The van der Waals surface area contributed by atoms with Crippen LogP contribution in [0.15, 0.2) is 53.4 Å². The van der Waals surface area contributed by atoms with Gasteiger partial charge < -0.3 is 10.1 Å². The average molecular weight is 555 g/mol. The first kappa shape index (κ1) is 27.7. The molecule has 0 radical (unpaired) electrons. The topological polar surface area (TPSA) is 102 Å². The number of nitrogens with one attached hydrogen (secondary N) is 2. The van der Waals surface area contributed by atoms with Crippen molar-refractivity contribution in [3.05, 3.63) is 81.4 Å². The molecule has 200 valence electrons. The Balaban J connectivity index is 1.59. The van der Waals surface area contributed by atoms with Gasteiger partial charge in [-0.05, 0) is 105 Å². The predicted octanol–water partition coefficient (Wildman–Crippen LogP) is 5.87. The number of esters is 1. The zero-order valence-electron chi connectivity index (χ0n) is 22.1. The summed E-state index contributed by atoms with van der Waals surface area (Å²) in [7, 11) is -3.84. The van der Waals surface area contributed by atoms with Crippen molar-refractivity contribution in [2.75, 3.05) is 11.3 Å². The van der Waals surface area contributed by atoms with Crippen molar-refractivity contribution >= 4 is 39.2 Å². The fraction of sp³-hybridized carbons (Fsp3) is 0.310. The molecule has 4 rings (SSSR count). The highest BCUT2D eigenvalue weighted by molar-refractivity contribution is 7.92. The Labute approximate surface area is 228 Å². The highest BCUT2D eigenvalue weighted by Crippen LogP contribution is 2.37. The number of ether oxygens (including phenoxy) is 1. The Kier molecular flexibility index (Phi) is 7.59. The van der Waals surface area contributed by atoms with Gasteiger partial charge in [-0.2, -0.15) is 0 Å². The van der Waals surface area contributed by atoms with E-state index < -0.39 is 21.5 Å². The standard InChI is InChI=1S/C29H31ClN2O5S/c1-6-37-28(34)29(10-11-29)31-27(33)26-19(4)12-22(13-20(26)5)21-8-7-9-23(16-21)32-38(35,36)25-15-17(2)24(30)14-18(25)3/h7-9,12-16,32H,6,10-11H2,1-5H3,(H,31,33). The molecule has 2 N–H and O–H groups in total. The van der Waals surface area contributed by atoms with Crippen LogP contribution >= 0.6 is 11.6 Å². The molecule has 1 amide bonds. The molecule has 1 saturated carbocycles. The molecule has 38 heavy (non-hydrogen) atoms. The largest absolute Gasteiger partial charge is 0.464 e. The first-order chi connectivity index (χ1) is 17.9. The van der Waals surface area contributed by atoms with E-state index in [1.807, 2.05) is 32.0 Å². The van der Waals surface area contributed by atoms with Crippen molar-refractivity contribution < 1.29 is 22.7 Å². The van der Waals surface area contributed by atoms with E-state index in [-0.39, 0.29) is 17.4 Å². The number of carbonyl (C=O) groups is 2. The van der Waals surface area contributed by atoms with Crippen LogP contribution in [-0.4, -0.2) is 32.4 Å². The molecule has 9 heteroatoms. The Morgan fingerprint density at radius 3 is 2.18 bits per heavy atom. The molecule has 0 aliphatic heterocycles. The van der Waals surface area contributed by atoms with Gasteiger partial charge in [0.05, 0.1) is 11.5 Å². The summed E-state index contributed by atoms with van der Waals surface area (Å²) in [4.78, 5) is 25.6. The number of anilines is 1. The maximum absolute atomic E-state index is 13.1. The van der Waals surface area contributed by atoms with E-state index in [4.69, 9.17) is 16.3 Å². The summed E-state index contributed by atoms with van der Waals surface area (Å²) in [5, 5.41) is 3.39. The number of halogens is 1. The lowest BCUT2D eigenvalue weighted by molar-refractivity contribution is -0.146. The molecule has 0 bridgehead atoms. The third-order valence-corrected chi connectivity index (χ3v) is 8.65. The quantitative estimate of drug-likeness (QED) is 0.339. The summed E-state index contributed by atoms with van der Waals surface area (Å²) in [6, 6.07) is 14.1.